The Morgan fingerprint density at radius 3 is 2.38 bits per heavy atom. The Kier molecular flexibility index (Phi) is 9.64. The summed E-state index contributed by atoms with van der Waals surface area (Å²) in [6.45, 7) is 1.28. The first kappa shape index (κ1) is 28.0. The summed E-state index contributed by atoms with van der Waals surface area (Å²) in [4.78, 5) is 15.0. The van der Waals surface area contributed by atoms with Gasteiger partial charge >= 0.3 is 0 Å². The molecule has 1 aliphatic heterocycles. The summed E-state index contributed by atoms with van der Waals surface area (Å²) in [7, 11) is 0.735. The predicted molar refractivity (Wildman–Crippen MR) is 146 cm³/mol. The zero-order valence-electron chi connectivity index (χ0n) is 21.7. The van der Waals surface area contributed by atoms with Crippen LogP contribution in [0.25, 0.3) is 0 Å². The van der Waals surface area contributed by atoms with Gasteiger partial charge in [0, 0.05) is 30.7 Å². The van der Waals surface area contributed by atoms with E-state index in [0.29, 0.717) is 37.4 Å². The van der Waals surface area contributed by atoms with E-state index in [4.69, 9.17) is 16.3 Å². The standard InChI is InChI=1S/C28H38ClN3O4S/c1-31(2)28(23-12-14-24(29)15-13-23)22-10-8-21(9-11-22)18-30-27(33)20-36-25-16-17-32(19-25)37(34,35)26-6-4-3-5-7-26/h3-7,12-15,21-22,25,28H,8-11,16-20H2,1-2H3,(H,30,33). The molecule has 2 atom stereocenters. The normalized spacial score (nSPS) is 23.7. The summed E-state index contributed by atoms with van der Waals surface area (Å²) < 4.78 is 32.8. The number of rotatable bonds is 10. The SMILES string of the molecule is CN(C)C(c1ccc(Cl)cc1)C1CCC(CNC(=O)COC2CCN(S(=O)(=O)c3ccccc3)C2)CC1. The van der Waals surface area contributed by atoms with E-state index in [-0.39, 0.29) is 30.1 Å². The van der Waals surface area contributed by atoms with Crippen LogP contribution in [-0.2, 0) is 19.6 Å². The van der Waals surface area contributed by atoms with Crippen LogP contribution in [-0.4, -0.2) is 70.0 Å². The molecule has 0 bridgehead atoms. The minimum Gasteiger partial charge on any atom is -0.367 e. The van der Waals surface area contributed by atoms with Crippen LogP contribution in [0.2, 0.25) is 5.02 Å². The number of sulfonamides is 1. The van der Waals surface area contributed by atoms with Crippen molar-refractivity contribution in [1.82, 2.24) is 14.5 Å². The number of halogens is 1. The summed E-state index contributed by atoms with van der Waals surface area (Å²) in [6.07, 6.45) is 4.73. The van der Waals surface area contributed by atoms with Crippen LogP contribution < -0.4 is 5.32 Å². The van der Waals surface area contributed by atoms with Gasteiger partial charge in [-0.15, -0.1) is 0 Å². The lowest BCUT2D eigenvalue weighted by molar-refractivity contribution is -0.127. The third kappa shape index (κ3) is 7.33. The fourth-order valence-electron chi connectivity index (χ4n) is 5.66. The first-order valence-corrected chi connectivity index (χ1v) is 14.9. The summed E-state index contributed by atoms with van der Waals surface area (Å²) in [5.41, 5.74) is 1.30. The number of amides is 1. The van der Waals surface area contributed by atoms with Gasteiger partial charge in [0.05, 0.1) is 11.0 Å². The maximum absolute atomic E-state index is 12.8. The zero-order chi connectivity index (χ0) is 26.4. The third-order valence-corrected chi connectivity index (χ3v) is 9.76. The van der Waals surface area contributed by atoms with Crippen molar-refractivity contribution in [1.29, 1.82) is 0 Å². The highest BCUT2D eigenvalue weighted by atomic mass is 35.5. The molecule has 2 unspecified atom stereocenters. The molecule has 1 heterocycles. The van der Waals surface area contributed by atoms with Crippen LogP contribution in [0.1, 0.15) is 43.7 Å². The molecule has 4 rings (SSSR count). The fourth-order valence-corrected chi connectivity index (χ4v) is 7.29. The molecule has 1 amide bonds. The van der Waals surface area contributed by atoms with Gasteiger partial charge in [-0.05, 0) is 87.9 Å². The average Bonchev–Trinajstić information content (AvgIpc) is 3.39. The second-order valence-corrected chi connectivity index (χ2v) is 12.8. The van der Waals surface area contributed by atoms with Gasteiger partial charge in [0.25, 0.3) is 0 Å². The highest BCUT2D eigenvalue weighted by Crippen LogP contribution is 2.39. The van der Waals surface area contributed by atoms with Crippen LogP contribution in [0, 0.1) is 11.8 Å². The van der Waals surface area contributed by atoms with Crippen LogP contribution in [0.4, 0.5) is 0 Å². The van der Waals surface area contributed by atoms with Crippen molar-refractivity contribution in [2.45, 2.75) is 49.1 Å². The number of nitrogens with one attached hydrogen (secondary N) is 1. The van der Waals surface area contributed by atoms with E-state index < -0.39 is 10.0 Å². The second-order valence-electron chi connectivity index (χ2n) is 10.4. The number of hydrogen-bond acceptors (Lipinski definition) is 5. The lowest BCUT2D eigenvalue weighted by atomic mass is 9.76. The number of carbonyl (C=O) groups is 1. The van der Waals surface area contributed by atoms with Crippen molar-refractivity contribution in [3.8, 4) is 0 Å². The summed E-state index contributed by atoms with van der Waals surface area (Å²) in [5.74, 6) is 0.897. The third-order valence-electron chi connectivity index (χ3n) is 7.63. The molecule has 202 valence electrons. The smallest absolute Gasteiger partial charge is 0.246 e. The van der Waals surface area contributed by atoms with Gasteiger partial charge in [-0.1, -0.05) is 41.9 Å². The molecule has 1 aliphatic carbocycles. The van der Waals surface area contributed by atoms with Gasteiger partial charge in [-0.2, -0.15) is 4.31 Å². The number of benzene rings is 2. The molecule has 0 aromatic heterocycles. The molecule has 0 spiro atoms. The second kappa shape index (κ2) is 12.7. The Morgan fingerprint density at radius 2 is 1.73 bits per heavy atom. The zero-order valence-corrected chi connectivity index (χ0v) is 23.3. The van der Waals surface area contributed by atoms with Crippen molar-refractivity contribution >= 4 is 27.5 Å². The largest absolute Gasteiger partial charge is 0.367 e. The van der Waals surface area contributed by atoms with E-state index in [1.54, 1.807) is 30.3 Å². The fraction of sp³-hybridized carbons (Fsp3) is 0.536. The lowest BCUT2D eigenvalue weighted by Gasteiger charge is -2.37. The molecular weight excluding hydrogens is 510 g/mol. The van der Waals surface area contributed by atoms with Crippen LogP contribution >= 0.6 is 11.6 Å². The topological polar surface area (TPSA) is 79.0 Å². The lowest BCUT2D eigenvalue weighted by Crippen LogP contribution is -2.37. The molecule has 7 nitrogen and oxygen atoms in total. The molecule has 2 aromatic rings. The Hall–Kier alpha value is -1.97. The van der Waals surface area contributed by atoms with Gasteiger partial charge < -0.3 is 15.0 Å². The number of hydrogen-bond donors (Lipinski definition) is 1. The van der Waals surface area contributed by atoms with Crippen molar-refractivity contribution < 1.29 is 17.9 Å². The molecule has 1 saturated heterocycles. The molecular formula is C28H38ClN3O4S. The monoisotopic (exact) mass is 547 g/mol. The predicted octanol–water partition coefficient (Wildman–Crippen LogP) is 4.35. The van der Waals surface area contributed by atoms with E-state index in [1.165, 1.54) is 9.87 Å². The first-order chi connectivity index (χ1) is 17.7. The van der Waals surface area contributed by atoms with Crippen LogP contribution in [0.3, 0.4) is 0 Å². The highest BCUT2D eigenvalue weighted by Gasteiger charge is 2.33. The minimum absolute atomic E-state index is 0.0431. The van der Waals surface area contributed by atoms with Crippen molar-refractivity contribution in [3.63, 3.8) is 0 Å². The highest BCUT2D eigenvalue weighted by molar-refractivity contribution is 7.89. The molecule has 2 aromatic carbocycles. The average molecular weight is 548 g/mol. The van der Waals surface area contributed by atoms with E-state index >= 15 is 0 Å². The van der Waals surface area contributed by atoms with Gasteiger partial charge in [-0.3, -0.25) is 4.79 Å². The molecule has 1 saturated carbocycles. The van der Waals surface area contributed by atoms with E-state index in [2.05, 4.69) is 36.4 Å². The summed E-state index contributed by atoms with van der Waals surface area (Å²) in [6, 6.07) is 17.0. The summed E-state index contributed by atoms with van der Waals surface area (Å²) in [5, 5.41) is 3.78. The minimum atomic E-state index is -3.53. The van der Waals surface area contributed by atoms with Crippen molar-refractivity contribution in [2.75, 3.05) is 40.3 Å². The van der Waals surface area contributed by atoms with Gasteiger partial charge in [0.15, 0.2) is 0 Å². The molecule has 2 fully saturated rings. The number of carbonyl (C=O) groups excluding carboxylic acids is 1. The number of nitrogens with zero attached hydrogens (tertiary/aromatic N) is 2. The Morgan fingerprint density at radius 1 is 1.05 bits per heavy atom. The van der Waals surface area contributed by atoms with Crippen molar-refractivity contribution in [3.05, 3.63) is 65.2 Å². The van der Waals surface area contributed by atoms with E-state index in [9.17, 15) is 13.2 Å². The molecule has 37 heavy (non-hydrogen) atoms. The van der Waals surface area contributed by atoms with Gasteiger partial charge in [0.2, 0.25) is 15.9 Å². The maximum Gasteiger partial charge on any atom is 0.246 e. The Balaban J connectivity index is 1.17. The van der Waals surface area contributed by atoms with E-state index in [1.807, 2.05) is 12.1 Å². The van der Waals surface area contributed by atoms with E-state index in [0.717, 1.165) is 30.7 Å². The van der Waals surface area contributed by atoms with Crippen LogP contribution in [0.15, 0.2) is 59.5 Å². The van der Waals surface area contributed by atoms with Crippen molar-refractivity contribution in [2.24, 2.45) is 11.8 Å². The molecule has 2 aliphatic rings. The Bertz CT molecular complexity index is 1120. The molecule has 9 heteroatoms. The van der Waals surface area contributed by atoms with Crippen LogP contribution in [0.5, 0.6) is 0 Å². The van der Waals surface area contributed by atoms with Gasteiger partial charge in [-0.25, -0.2) is 8.42 Å². The Labute approximate surface area is 226 Å². The summed E-state index contributed by atoms with van der Waals surface area (Å²) >= 11 is 6.08. The first-order valence-electron chi connectivity index (χ1n) is 13.1. The van der Waals surface area contributed by atoms with Gasteiger partial charge in [0.1, 0.15) is 6.61 Å². The molecule has 1 N–H and O–H groups in total. The maximum atomic E-state index is 12.8. The quantitative estimate of drug-likeness (QED) is 0.478. The molecule has 0 radical (unpaired) electrons. The number of ether oxygens (including phenoxy) is 1.